The van der Waals surface area contributed by atoms with Gasteiger partial charge in [-0.1, -0.05) is 15.9 Å². The summed E-state index contributed by atoms with van der Waals surface area (Å²) in [6.45, 7) is 0. The first kappa shape index (κ1) is 8.76. The van der Waals surface area contributed by atoms with E-state index in [0.717, 1.165) is 5.33 Å². The van der Waals surface area contributed by atoms with Crippen LogP contribution in [0, 0.1) is 0 Å². The van der Waals surface area contributed by atoms with Crippen LogP contribution < -0.4 is 0 Å². The molecule has 0 spiro atoms. The Hall–Kier alpha value is 0.180. The molecule has 0 nitrogen and oxygen atoms in total. The maximum Gasteiger partial charge on any atom is 0.00802 e. The summed E-state index contributed by atoms with van der Waals surface area (Å²) in [5.41, 5.74) is 1.64. The Morgan fingerprint density at radius 2 is 2.33 bits per heavy atom. The third-order valence-electron chi connectivity index (χ3n) is 2.35. The molecule has 1 aliphatic carbocycles. The molecule has 0 aromatic carbocycles. The van der Waals surface area contributed by atoms with Crippen molar-refractivity contribution >= 4 is 27.3 Å². The Kier molecular flexibility index (Phi) is 2.87. The number of alkyl halides is 1. The van der Waals surface area contributed by atoms with Crippen molar-refractivity contribution in [3.05, 3.63) is 21.4 Å². The van der Waals surface area contributed by atoms with Gasteiger partial charge in [-0.3, -0.25) is 0 Å². The topological polar surface area (TPSA) is 0 Å². The second-order valence-corrected chi connectivity index (χ2v) is 5.32. The van der Waals surface area contributed by atoms with Gasteiger partial charge in [-0.05, 0) is 43.7 Å². The van der Waals surface area contributed by atoms with Crippen molar-refractivity contribution in [3.8, 4) is 0 Å². The Bertz CT molecular complexity index is 243. The van der Waals surface area contributed by atoms with Crippen molar-refractivity contribution < 1.29 is 0 Å². The molecule has 0 unspecified atom stereocenters. The van der Waals surface area contributed by atoms with Crippen molar-refractivity contribution in [3.63, 3.8) is 0 Å². The summed E-state index contributed by atoms with van der Waals surface area (Å²) in [5.74, 6) is 0. The van der Waals surface area contributed by atoms with E-state index >= 15 is 0 Å². The van der Waals surface area contributed by atoms with Gasteiger partial charge >= 0.3 is 0 Å². The van der Waals surface area contributed by atoms with E-state index in [1.807, 2.05) is 11.3 Å². The van der Waals surface area contributed by atoms with Gasteiger partial charge in [-0.15, -0.1) is 11.3 Å². The quantitative estimate of drug-likeness (QED) is 0.714. The molecule has 0 saturated carbocycles. The Morgan fingerprint density at radius 3 is 3.08 bits per heavy atom. The van der Waals surface area contributed by atoms with Crippen LogP contribution in [0.15, 0.2) is 6.07 Å². The molecule has 2 heteroatoms. The van der Waals surface area contributed by atoms with Crippen LogP contribution in [0.1, 0.15) is 28.2 Å². The van der Waals surface area contributed by atoms with E-state index in [1.54, 1.807) is 15.3 Å². The van der Waals surface area contributed by atoms with Crippen molar-refractivity contribution in [2.45, 2.75) is 32.1 Å². The average Bonchev–Trinajstić information content (AvgIpc) is 2.58. The number of hydrogen-bond donors (Lipinski definition) is 0. The lowest BCUT2D eigenvalue weighted by atomic mass is 10.2. The lowest BCUT2D eigenvalue weighted by Crippen LogP contribution is -1.81. The minimum atomic E-state index is 1.13. The van der Waals surface area contributed by atoms with Gasteiger partial charge in [-0.2, -0.15) is 0 Å². The fourth-order valence-corrected chi connectivity index (χ4v) is 3.34. The Labute approximate surface area is 86.1 Å². The number of aryl methyl sites for hydroxylation is 3. The van der Waals surface area contributed by atoms with E-state index in [1.165, 1.54) is 32.1 Å². The number of thiophene rings is 1. The second kappa shape index (κ2) is 3.93. The van der Waals surface area contributed by atoms with Crippen LogP contribution in [0.25, 0.3) is 0 Å². The fraction of sp³-hybridized carbons (Fsp3) is 0.600. The lowest BCUT2D eigenvalue weighted by molar-refractivity contribution is 0.908. The molecular weight excluding hydrogens is 232 g/mol. The Morgan fingerprint density at radius 1 is 1.42 bits per heavy atom. The van der Waals surface area contributed by atoms with E-state index in [2.05, 4.69) is 22.0 Å². The highest BCUT2D eigenvalue weighted by Gasteiger charge is 2.13. The van der Waals surface area contributed by atoms with Crippen LogP contribution in [-0.4, -0.2) is 5.33 Å². The molecule has 2 rings (SSSR count). The molecule has 0 saturated heterocycles. The molecular formula is C10H13BrS. The molecule has 1 aromatic rings. The van der Waals surface area contributed by atoms with E-state index < -0.39 is 0 Å². The highest BCUT2D eigenvalue weighted by molar-refractivity contribution is 9.09. The fourth-order valence-electron chi connectivity index (χ4n) is 1.75. The third-order valence-corrected chi connectivity index (χ3v) is 4.21. The molecule has 0 aliphatic heterocycles. The molecule has 0 radical (unpaired) electrons. The predicted molar refractivity (Wildman–Crippen MR) is 58.5 cm³/mol. The summed E-state index contributed by atoms with van der Waals surface area (Å²) in [6, 6.07) is 2.43. The predicted octanol–water partition coefficient (Wildman–Crippen LogP) is 3.56. The van der Waals surface area contributed by atoms with Crippen LogP contribution in [0.4, 0.5) is 0 Å². The summed E-state index contributed by atoms with van der Waals surface area (Å²) in [6.07, 6.45) is 6.61. The lowest BCUT2D eigenvalue weighted by Gasteiger charge is -1.92. The number of halogens is 1. The van der Waals surface area contributed by atoms with Crippen LogP contribution in [-0.2, 0) is 19.3 Å². The minimum Gasteiger partial charge on any atom is -0.145 e. The zero-order valence-electron chi connectivity index (χ0n) is 7.11. The molecule has 0 N–H and O–H groups in total. The summed E-state index contributed by atoms with van der Waals surface area (Å²) in [7, 11) is 0. The zero-order valence-corrected chi connectivity index (χ0v) is 9.51. The molecule has 0 bridgehead atoms. The Balaban J connectivity index is 2.05. The molecule has 1 aliphatic rings. The smallest absolute Gasteiger partial charge is 0.00802 e. The van der Waals surface area contributed by atoms with Gasteiger partial charge in [0.15, 0.2) is 0 Å². The van der Waals surface area contributed by atoms with Gasteiger partial charge in [0.1, 0.15) is 0 Å². The molecule has 0 amide bonds. The van der Waals surface area contributed by atoms with Gasteiger partial charge in [0.2, 0.25) is 0 Å². The summed E-state index contributed by atoms with van der Waals surface area (Å²) < 4.78 is 0. The second-order valence-electron chi connectivity index (χ2n) is 3.31. The third kappa shape index (κ3) is 1.74. The van der Waals surface area contributed by atoms with Crippen molar-refractivity contribution in [1.29, 1.82) is 0 Å². The highest BCUT2D eigenvalue weighted by Crippen LogP contribution is 2.31. The average molecular weight is 245 g/mol. The van der Waals surface area contributed by atoms with E-state index in [-0.39, 0.29) is 0 Å². The molecule has 12 heavy (non-hydrogen) atoms. The normalized spacial score (nSPS) is 15.1. The maximum absolute atomic E-state index is 3.47. The summed E-state index contributed by atoms with van der Waals surface area (Å²) >= 11 is 5.51. The van der Waals surface area contributed by atoms with Crippen molar-refractivity contribution in [2.75, 3.05) is 5.33 Å². The minimum absolute atomic E-state index is 1.13. The highest BCUT2D eigenvalue weighted by atomic mass is 79.9. The monoisotopic (exact) mass is 244 g/mol. The molecule has 0 atom stereocenters. The number of fused-ring (bicyclic) bond motifs is 1. The van der Waals surface area contributed by atoms with E-state index in [4.69, 9.17) is 0 Å². The first-order valence-electron chi connectivity index (χ1n) is 4.56. The van der Waals surface area contributed by atoms with Gasteiger partial charge < -0.3 is 0 Å². The molecule has 0 fully saturated rings. The van der Waals surface area contributed by atoms with Crippen LogP contribution >= 0.6 is 27.3 Å². The molecule has 1 heterocycles. The first-order chi connectivity index (χ1) is 5.90. The standard InChI is InChI=1S/C10H13BrS/c11-6-2-4-9-7-8-3-1-5-10(8)12-9/h7H,1-6H2. The van der Waals surface area contributed by atoms with Gasteiger partial charge in [0, 0.05) is 15.1 Å². The number of hydrogen-bond acceptors (Lipinski definition) is 1. The van der Waals surface area contributed by atoms with Crippen LogP contribution in [0.5, 0.6) is 0 Å². The largest absolute Gasteiger partial charge is 0.145 e. The zero-order chi connectivity index (χ0) is 8.39. The summed E-state index contributed by atoms with van der Waals surface area (Å²) in [5, 5.41) is 1.13. The van der Waals surface area contributed by atoms with Crippen molar-refractivity contribution in [2.24, 2.45) is 0 Å². The van der Waals surface area contributed by atoms with Gasteiger partial charge in [-0.25, -0.2) is 0 Å². The number of rotatable bonds is 3. The van der Waals surface area contributed by atoms with E-state index in [0.29, 0.717) is 0 Å². The van der Waals surface area contributed by atoms with Gasteiger partial charge in [0.05, 0.1) is 0 Å². The van der Waals surface area contributed by atoms with Gasteiger partial charge in [0.25, 0.3) is 0 Å². The molecule has 1 aromatic heterocycles. The van der Waals surface area contributed by atoms with Crippen molar-refractivity contribution in [1.82, 2.24) is 0 Å². The summed E-state index contributed by atoms with van der Waals surface area (Å²) in [4.78, 5) is 3.26. The SMILES string of the molecule is BrCCCc1cc2c(s1)CCC2. The molecule has 66 valence electrons. The first-order valence-corrected chi connectivity index (χ1v) is 6.50. The maximum atomic E-state index is 3.47. The van der Waals surface area contributed by atoms with Crippen LogP contribution in [0.3, 0.4) is 0 Å². The van der Waals surface area contributed by atoms with Crippen LogP contribution in [0.2, 0.25) is 0 Å². The van der Waals surface area contributed by atoms with E-state index in [9.17, 15) is 0 Å².